The third-order valence-electron chi connectivity index (χ3n) is 2.84. The van der Waals surface area contributed by atoms with Gasteiger partial charge in [-0.3, -0.25) is 4.79 Å². The van der Waals surface area contributed by atoms with Gasteiger partial charge >= 0.3 is 0 Å². The molecule has 3 heteroatoms. The normalized spacial score (nSPS) is 22.9. The molecule has 1 heterocycles. The number of hydrogen-bond acceptors (Lipinski definition) is 2. The van der Waals surface area contributed by atoms with Crippen LogP contribution in [0.3, 0.4) is 0 Å². The van der Waals surface area contributed by atoms with Crippen LogP contribution in [0.5, 0.6) is 0 Å². The molecule has 0 aromatic carbocycles. The van der Waals surface area contributed by atoms with Gasteiger partial charge in [0.05, 0.1) is 12.6 Å². The number of rotatable bonds is 2. The van der Waals surface area contributed by atoms with Gasteiger partial charge in [-0.05, 0) is 24.7 Å². The molecule has 15 heavy (non-hydrogen) atoms. The van der Waals surface area contributed by atoms with Crippen LogP contribution in [0, 0.1) is 5.41 Å². The second-order valence-electron chi connectivity index (χ2n) is 5.66. The molecular weight excluding hydrogens is 190 g/mol. The van der Waals surface area contributed by atoms with E-state index in [4.69, 9.17) is 0 Å². The average molecular weight is 213 g/mol. The summed E-state index contributed by atoms with van der Waals surface area (Å²) >= 11 is 0. The molecule has 1 N–H and O–H groups in total. The van der Waals surface area contributed by atoms with Gasteiger partial charge in [0.2, 0.25) is 5.91 Å². The molecule has 3 nitrogen and oxygen atoms in total. The van der Waals surface area contributed by atoms with E-state index in [-0.39, 0.29) is 24.0 Å². The van der Waals surface area contributed by atoms with Crippen molar-refractivity contribution >= 4 is 5.91 Å². The van der Waals surface area contributed by atoms with Gasteiger partial charge in [0, 0.05) is 13.0 Å². The summed E-state index contributed by atoms with van der Waals surface area (Å²) in [5, 5.41) is 9.21. The number of piperidine rings is 1. The molecule has 0 aliphatic carbocycles. The number of hydrogen-bond donors (Lipinski definition) is 1. The Hall–Kier alpha value is -0.570. The molecule has 0 aromatic heterocycles. The van der Waals surface area contributed by atoms with Crippen molar-refractivity contribution in [3.05, 3.63) is 0 Å². The predicted molar refractivity (Wildman–Crippen MR) is 60.5 cm³/mol. The fraction of sp³-hybridized carbons (Fsp3) is 0.917. The molecular formula is C12H23NO2. The fourth-order valence-corrected chi connectivity index (χ4v) is 2.07. The van der Waals surface area contributed by atoms with Crippen molar-refractivity contribution in [2.24, 2.45) is 5.41 Å². The highest BCUT2D eigenvalue weighted by molar-refractivity contribution is 5.77. The lowest BCUT2D eigenvalue weighted by molar-refractivity contribution is -0.137. The van der Waals surface area contributed by atoms with Crippen LogP contribution in [0.15, 0.2) is 0 Å². The standard InChI is InChI=1S/C12H23NO2/c1-12(2,3)8-11(15)13-7-5-4-6-10(13)9-14/h10,14H,4-9H2,1-3H3. The van der Waals surface area contributed by atoms with Crippen LogP contribution in [0.25, 0.3) is 0 Å². The van der Waals surface area contributed by atoms with E-state index in [0.29, 0.717) is 6.42 Å². The van der Waals surface area contributed by atoms with E-state index < -0.39 is 0 Å². The molecule has 1 fully saturated rings. The SMILES string of the molecule is CC(C)(C)CC(=O)N1CCCCC1CO. The first-order valence-electron chi connectivity index (χ1n) is 5.84. The molecule has 0 saturated carbocycles. The second-order valence-corrected chi connectivity index (χ2v) is 5.66. The molecule has 0 radical (unpaired) electrons. The Morgan fingerprint density at radius 2 is 2.07 bits per heavy atom. The number of aliphatic hydroxyl groups excluding tert-OH is 1. The summed E-state index contributed by atoms with van der Waals surface area (Å²) < 4.78 is 0. The van der Waals surface area contributed by atoms with E-state index in [0.717, 1.165) is 25.8 Å². The number of aliphatic hydroxyl groups is 1. The maximum Gasteiger partial charge on any atom is 0.223 e. The molecule has 1 saturated heterocycles. The van der Waals surface area contributed by atoms with E-state index in [1.807, 2.05) is 4.90 Å². The van der Waals surface area contributed by atoms with Crippen LogP contribution < -0.4 is 0 Å². The lowest BCUT2D eigenvalue weighted by atomic mass is 9.90. The van der Waals surface area contributed by atoms with Crippen LogP contribution in [-0.2, 0) is 4.79 Å². The van der Waals surface area contributed by atoms with E-state index in [1.54, 1.807) is 0 Å². The Morgan fingerprint density at radius 1 is 1.40 bits per heavy atom. The molecule has 1 unspecified atom stereocenters. The summed E-state index contributed by atoms with van der Waals surface area (Å²) in [6.07, 6.45) is 3.73. The minimum absolute atomic E-state index is 0.0362. The van der Waals surface area contributed by atoms with Crippen molar-refractivity contribution in [3.63, 3.8) is 0 Å². The van der Waals surface area contributed by atoms with Crippen molar-refractivity contribution in [1.29, 1.82) is 0 Å². The van der Waals surface area contributed by atoms with Gasteiger partial charge in [0.1, 0.15) is 0 Å². The first-order valence-corrected chi connectivity index (χ1v) is 5.84. The van der Waals surface area contributed by atoms with E-state index in [9.17, 15) is 9.90 Å². The van der Waals surface area contributed by atoms with Crippen molar-refractivity contribution in [3.8, 4) is 0 Å². The van der Waals surface area contributed by atoms with Crippen LogP contribution >= 0.6 is 0 Å². The van der Waals surface area contributed by atoms with E-state index in [1.165, 1.54) is 0 Å². The van der Waals surface area contributed by atoms with Crippen LogP contribution in [0.1, 0.15) is 46.5 Å². The van der Waals surface area contributed by atoms with Crippen molar-refractivity contribution in [2.75, 3.05) is 13.2 Å². The maximum atomic E-state index is 12.0. The lowest BCUT2D eigenvalue weighted by Gasteiger charge is -2.36. The summed E-state index contributed by atoms with van der Waals surface area (Å²) in [5.41, 5.74) is 0.0362. The molecule has 1 aliphatic heterocycles. The molecule has 0 aromatic rings. The molecule has 1 rings (SSSR count). The fourth-order valence-electron chi connectivity index (χ4n) is 2.07. The van der Waals surface area contributed by atoms with Crippen molar-refractivity contribution in [1.82, 2.24) is 4.90 Å². The highest BCUT2D eigenvalue weighted by Crippen LogP contribution is 2.23. The zero-order valence-corrected chi connectivity index (χ0v) is 10.1. The molecule has 0 bridgehead atoms. The minimum atomic E-state index is 0.0362. The first-order chi connectivity index (χ1) is 6.94. The lowest BCUT2D eigenvalue weighted by Crippen LogP contribution is -2.46. The quantitative estimate of drug-likeness (QED) is 0.760. The Bertz CT molecular complexity index is 220. The maximum absolute atomic E-state index is 12.0. The zero-order valence-electron chi connectivity index (χ0n) is 10.1. The monoisotopic (exact) mass is 213 g/mol. The Morgan fingerprint density at radius 3 is 2.60 bits per heavy atom. The van der Waals surface area contributed by atoms with E-state index >= 15 is 0 Å². The minimum Gasteiger partial charge on any atom is -0.394 e. The topological polar surface area (TPSA) is 40.5 Å². The summed E-state index contributed by atoms with van der Waals surface area (Å²) in [5.74, 6) is 0.196. The second kappa shape index (κ2) is 4.97. The van der Waals surface area contributed by atoms with Crippen molar-refractivity contribution < 1.29 is 9.90 Å². The predicted octanol–water partition coefficient (Wildman–Crippen LogP) is 1.80. The third-order valence-corrected chi connectivity index (χ3v) is 2.84. The van der Waals surface area contributed by atoms with Gasteiger partial charge < -0.3 is 10.0 Å². The first kappa shape index (κ1) is 12.5. The van der Waals surface area contributed by atoms with Gasteiger partial charge in [-0.1, -0.05) is 20.8 Å². The average Bonchev–Trinajstić information content (AvgIpc) is 2.15. The Balaban J connectivity index is 2.56. The van der Waals surface area contributed by atoms with Crippen LogP contribution in [-0.4, -0.2) is 35.1 Å². The number of carbonyl (C=O) groups is 1. The molecule has 1 aliphatic rings. The largest absolute Gasteiger partial charge is 0.394 e. The van der Waals surface area contributed by atoms with E-state index in [2.05, 4.69) is 20.8 Å². The summed E-state index contributed by atoms with van der Waals surface area (Å²) in [4.78, 5) is 13.9. The highest BCUT2D eigenvalue weighted by Gasteiger charge is 2.28. The van der Waals surface area contributed by atoms with Gasteiger partial charge in [-0.25, -0.2) is 0 Å². The number of likely N-dealkylation sites (tertiary alicyclic amines) is 1. The Kier molecular flexibility index (Phi) is 4.14. The molecule has 0 spiro atoms. The smallest absolute Gasteiger partial charge is 0.223 e. The molecule has 1 atom stereocenters. The number of amides is 1. The van der Waals surface area contributed by atoms with Gasteiger partial charge in [-0.15, -0.1) is 0 Å². The van der Waals surface area contributed by atoms with Crippen LogP contribution in [0.4, 0.5) is 0 Å². The van der Waals surface area contributed by atoms with Crippen LogP contribution in [0.2, 0.25) is 0 Å². The highest BCUT2D eigenvalue weighted by atomic mass is 16.3. The van der Waals surface area contributed by atoms with Gasteiger partial charge in [-0.2, -0.15) is 0 Å². The Labute approximate surface area is 92.5 Å². The number of nitrogens with zero attached hydrogens (tertiary/aromatic N) is 1. The molecule has 88 valence electrons. The zero-order chi connectivity index (χ0) is 11.5. The van der Waals surface area contributed by atoms with Gasteiger partial charge in [0.25, 0.3) is 0 Å². The number of carbonyl (C=O) groups excluding carboxylic acids is 1. The van der Waals surface area contributed by atoms with Crippen molar-refractivity contribution in [2.45, 2.75) is 52.5 Å². The third kappa shape index (κ3) is 3.82. The summed E-state index contributed by atoms with van der Waals surface area (Å²) in [7, 11) is 0. The summed E-state index contributed by atoms with van der Waals surface area (Å²) in [6, 6.07) is 0.0635. The summed E-state index contributed by atoms with van der Waals surface area (Å²) in [6.45, 7) is 7.14. The van der Waals surface area contributed by atoms with Gasteiger partial charge in [0.15, 0.2) is 0 Å². The molecule has 1 amide bonds.